The van der Waals surface area contributed by atoms with E-state index in [1.54, 1.807) is 0 Å². The Morgan fingerprint density at radius 3 is 1.44 bits per heavy atom. The molecule has 0 aromatic rings. The van der Waals surface area contributed by atoms with Crippen molar-refractivity contribution in [2.45, 2.75) is 63.9 Å². The first-order chi connectivity index (χ1) is 6.54. The molecule has 6 heteroatoms. The third-order valence-electron chi connectivity index (χ3n) is 2.42. The van der Waals surface area contributed by atoms with Crippen LogP contribution in [0.1, 0.15) is 54.4 Å². The van der Waals surface area contributed by atoms with E-state index in [1.165, 1.54) is 0 Å². The van der Waals surface area contributed by atoms with Gasteiger partial charge in [0.25, 0.3) is 0 Å². The summed E-state index contributed by atoms with van der Waals surface area (Å²) in [6.07, 6.45) is 1.72. The second-order valence-corrected chi connectivity index (χ2v) is 13.0. The van der Waals surface area contributed by atoms with Crippen LogP contribution in [0.3, 0.4) is 0 Å². The van der Waals surface area contributed by atoms with Gasteiger partial charge in [0.15, 0.2) is 0 Å². The van der Waals surface area contributed by atoms with Crippen molar-refractivity contribution in [3.05, 3.63) is 0 Å². The van der Waals surface area contributed by atoms with Crippen LogP contribution in [0.5, 0.6) is 0 Å². The van der Waals surface area contributed by atoms with Crippen molar-refractivity contribution in [1.82, 2.24) is 0 Å². The summed E-state index contributed by atoms with van der Waals surface area (Å²) < 4.78 is 11.6. The molecule has 0 bridgehead atoms. The Bertz CT molecular complexity index is 235. The monoisotopic (exact) mass is 292 g/mol. The van der Waals surface area contributed by atoms with Crippen LogP contribution in [0.2, 0.25) is 0 Å². The maximum absolute atomic E-state index is 11.9. The van der Waals surface area contributed by atoms with E-state index in [1.807, 2.05) is 41.5 Å². The van der Waals surface area contributed by atoms with E-state index in [0.29, 0.717) is 0 Å². The maximum atomic E-state index is 11.9. The van der Waals surface area contributed by atoms with Crippen LogP contribution < -0.4 is 34.5 Å². The molecular weight excluding hydrogens is 270 g/mol. The van der Waals surface area contributed by atoms with Gasteiger partial charge in [-0.25, -0.2) is 0 Å². The Morgan fingerprint density at radius 2 is 1.25 bits per heavy atom. The fraction of sp³-hybridized carbons (Fsp3) is 1.00. The summed E-state index contributed by atoms with van der Waals surface area (Å²) in [5.41, 5.74) is 0. The molecule has 0 heterocycles. The van der Waals surface area contributed by atoms with Crippen molar-refractivity contribution in [3.8, 4) is 0 Å². The van der Waals surface area contributed by atoms with Gasteiger partial charge in [0.2, 0.25) is 0 Å². The molecule has 16 heavy (non-hydrogen) atoms. The van der Waals surface area contributed by atoms with E-state index in [4.69, 9.17) is 0 Å². The van der Waals surface area contributed by atoms with Gasteiger partial charge < -0.3 is 9.46 Å². The molecule has 0 rings (SSSR count). The molecule has 92 valence electrons. The standard InChI is InChI=1S/C10H23O2PS2.Na/c1-7-9(3,4)14-13(11,12)15-10(5,6)8-2;/h7-8H2,1-6H3,(H,11,12);/q;+1/p-1. The van der Waals surface area contributed by atoms with Gasteiger partial charge in [0.05, 0.1) is 0 Å². The van der Waals surface area contributed by atoms with Crippen LogP contribution in [-0.4, -0.2) is 9.49 Å². The average molecular weight is 292 g/mol. The molecule has 0 amide bonds. The van der Waals surface area contributed by atoms with Crippen molar-refractivity contribution in [2.75, 3.05) is 0 Å². The van der Waals surface area contributed by atoms with E-state index < -0.39 is 5.77 Å². The van der Waals surface area contributed by atoms with E-state index in [2.05, 4.69) is 0 Å². The summed E-state index contributed by atoms with van der Waals surface area (Å²) in [5.74, 6) is -3.39. The summed E-state index contributed by atoms with van der Waals surface area (Å²) in [4.78, 5) is 11.9. The molecule has 0 fully saturated rings. The molecule has 0 saturated carbocycles. The zero-order valence-corrected chi connectivity index (χ0v) is 16.0. The fourth-order valence-electron chi connectivity index (χ4n) is 0.753. The molecule has 0 aliphatic rings. The predicted molar refractivity (Wildman–Crippen MR) is 71.5 cm³/mol. The predicted octanol–water partition coefficient (Wildman–Crippen LogP) is 1.30. The van der Waals surface area contributed by atoms with Gasteiger partial charge in [-0.15, -0.1) is 0 Å². The van der Waals surface area contributed by atoms with Gasteiger partial charge in [0, 0.05) is 9.49 Å². The Morgan fingerprint density at radius 1 is 1.00 bits per heavy atom. The van der Waals surface area contributed by atoms with Crippen molar-refractivity contribution < 1.29 is 39.0 Å². The van der Waals surface area contributed by atoms with Crippen molar-refractivity contribution in [1.29, 1.82) is 0 Å². The first-order valence-corrected chi connectivity index (χ1v) is 9.73. The van der Waals surface area contributed by atoms with Crippen LogP contribution in [0.4, 0.5) is 0 Å². The maximum Gasteiger partial charge on any atom is 1.00 e. The largest absolute Gasteiger partial charge is 1.00 e. The first-order valence-electron chi connectivity index (χ1n) is 5.26. The fourth-order valence-corrected chi connectivity index (χ4v) is 10.7. The Balaban J connectivity index is 0. The molecular formula is C10H22NaO2PS2. The van der Waals surface area contributed by atoms with Gasteiger partial charge in [-0.1, -0.05) is 64.3 Å². The second-order valence-electron chi connectivity index (χ2n) is 4.86. The first kappa shape index (κ1) is 20.2. The minimum absolute atomic E-state index is 0. The molecule has 0 atom stereocenters. The second kappa shape index (κ2) is 7.47. The third-order valence-corrected chi connectivity index (χ3v) is 10.1. The van der Waals surface area contributed by atoms with Crippen molar-refractivity contribution >= 4 is 28.5 Å². The van der Waals surface area contributed by atoms with Crippen LogP contribution in [0, 0.1) is 0 Å². The Kier molecular flexibility index (Phi) is 9.44. The normalized spacial score (nSPS) is 13.4. The molecule has 0 aromatic heterocycles. The molecule has 0 aliphatic heterocycles. The summed E-state index contributed by atoms with van der Waals surface area (Å²) in [6.45, 7) is 11.9. The smallest absolute Gasteiger partial charge is 0.784 e. The van der Waals surface area contributed by atoms with Gasteiger partial charge in [-0.05, 0) is 12.8 Å². The zero-order chi connectivity index (χ0) is 12.3. The topological polar surface area (TPSA) is 40.1 Å². The summed E-state index contributed by atoms with van der Waals surface area (Å²) in [7, 11) is 0. The quantitative estimate of drug-likeness (QED) is 0.546. The number of hydrogen-bond acceptors (Lipinski definition) is 4. The third kappa shape index (κ3) is 8.91. The molecule has 0 saturated heterocycles. The molecule has 0 spiro atoms. The summed E-state index contributed by atoms with van der Waals surface area (Å²) in [5, 5.41) is 0. The number of rotatable bonds is 6. The SMILES string of the molecule is CCC(C)(C)SP(=O)([O-])SC(C)(C)CC.[Na+]. The van der Waals surface area contributed by atoms with E-state index >= 15 is 0 Å². The van der Waals surface area contributed by atoms with E-state index in [-0.39, 0.29) is 39.1 Å². The summed E-state index contributed by atoms with van der Waals surface area (Å²) >= 11 is 2.22. The van der Waals surface area contributed by atoms with Crippen LogP contribution in [-0.2, 0) is 4.57 Å². The Labute approximate surface area is 130 Å². The van der Waals surface area contributed by atoms with Gasteiger partial charge in [-0.2, -0.15) is 0 Å². The minimum Gasteiger partial charge on any atom is -0.784 e. The van der Waals surface area contributed by atoms with Gasteiger partial charge in [-0.3, -0.25) is 0 Å². The van der Waals surface area contributed by atoms with E-state index in [0.717, 1.165) is 35.6 Å². The molecule has 0 N–H and O–H groups in total. The Hall–Kier alpha value is 1.89. The van der Waals surface area contributed by atoms with E-state index in [9.17, 15) is 9.46 Å². The molecule has 0 radical (unpaired) electrons. The average Bonchev–Trinajstić information content (AvgIpc) is 2.00. The van der Waals surface area contributed by atoms with Crippen LogP contribution in [0.25, 0.3) is 0 Å². The molecule has 2 nitrogen and oxygen atoms in total. The molecule has 0 aliphatic carbocycles. The van der Waals surface area contributed by atoms with Crippen LogP contribution in [0.15, 0.2) is 0 Å². The van der Waals surface area contributed by atoms with Gasteiger partial charge >= 0.3 is 29.6 Å². The van der Waals surface area contributed by atoms with Crippen LogP contribution >= 0.6 is 28.5 Å². The van der Waals surface area contributed by atoms with Crippen molar-refractivity contribution in [3.63, 3.8) is 0 Å². The molecule has 0 aromatic carbocycles. The number of hydrogen-bond donors (Lipinski definition) is 0. The minimum atomic E-state index is -3.39. The van der Waals surface area contributed by atoms with Crippen molar-refractivity contribution in [2.24, 2.45) is 0 Å². The zero-order valence-electron chi connectivity index (χ0n) is 11.5. The van der Waals surface area contributed by atoms with Gasteiger partial charge in [0.1, 0.15) is 5.77 Å². The molecule has 0 unspecified atom stereocenters. The summed E-state index contributed by atoms with van der Waals surface area (Å²) in [6, 6.07) is 0.